The Bertz CT molecular complexity index is 712. The summed E-state index contributed by atoms with van der Waals surface area (Å²) in [6.45, 7) is 1.67. The number of amides is 1. The summed E-state index contributed by atoms with van der Waals surface area (Å²) in [6, 6.07) is 13.4. The van der Waals surface area contributed by atoms with Gasteiger partial charge in [-0.15, -0.1) is 0 Å². The molecular weight excluding hydrogens is 306 g/mol. The van der Waals surface area contributed by atoms with Crippen molar-refractivity contribution in [2.75, 3.05) is 27.4 Å². The van der Waals surface area contributed by atoms with E-state index in [0.717, 1.165) is 22.6 Å². The SMILES string of the molecule is COc1ccc(CN(C)C(=O)Cc2ccc3c(c2)OCCO3)cc1. The number of carbonyl (C=O) groups is 1. The van der Waals surface area contributed by atoms with Gasteiger partial charge in [-0.2, -0.15) is 0 Å². The molecule has 0 atom stereocenters. The van der Waals surface area contributed by atoms with Crippen LogP contribution in [0.15, 0.2) is 42.5 Å². The van der Waals surface area contributed by atoms with Gasteiger partial charge in [0.1, 0.15) is 19.0 Å². The molecule has 3 rings (SSSR count). The fraction of sp³-hybridized carbons (Fsp3) is 0.316. The molecule has 126 valence electrons. The first-order chi connectivity index (χ1) is 11.7. The molecule has 0 saturated heterocycles. The molecule has 1 heterocycles. The zero-order chi connectivity index (χ0) is 16.9. The van der Waals surface area contributed by atoms with Crippen LogP contribution in [0.4, 0.5) is 0 Å². The number of fused-ring (bicyclic) bond motifs is 1. The molecule has 0 radical (unpaired) electrons. The molecule has 0 unspecified atom stereocenters. The van der Waals surface area contributed by atoms with Gasteiger partial charge in [-0.05, 0) is 35.4 Å². The molecule has 2 aromatic rings. The normalized spacial score (nSPS) is 12.6. The molecule has 0 fully saturated rings. The molecule has 1 aliphatic heterocycles. The predicted octanol–water partition coefficient (Wildman–Crippen LogP) is 2.67. The van der Waals surface area contributed by atoms with E-state index in [1.54, 1.807) is 12.0 Å². The predicted molar refractivity (Wildman–Crippen MR) is 90.6 cm³/mol. The quantitative estimate of drug-likeness (QED) is 0.847. The van der Waals surface area contributed by atoms with Crippen LogP contribution in [-0.2, 0) is 17.8 Å². The Balaban J connectivity index is 1.61. The van der Waals surface area contributed by atoms with Gasteiger partial charge in [0.25, 0.3) is 0 Å². The van der Waals surface area contributed by atoms with Gasteiger partial charge in [-0.25, -0.2) is 0 Å². The van der Waals surface area contributed by atoms with Crippen LogP contribution >= 0.6 is 0 Å². The summed E-state index contributed by atoms with van der Waals surface area (Å²) in [4.78, 5) is 14.2. The molecule has 0 aromatic heterocycles. The molecule has 0 spiro atoms. The van der Waals surface area contributed by atoms with Crippen LogP contribution in [0.1, 0.15) is 11.1 Å². The highest BCUT2D eigenvalue weighted by atomic mass is 16.6. The van der Waals surface area contributed by atoms with Crippen molar-refractivity contribution in [3.05, 3.63) is 53.6 Å². The second-order valence-electron chi connectivity index (χ2n) is 5.75. The van der Waals surface area contributed by atoms with Crippen molar-refractivity contribution >= 4 is 5.91 Å². The van der Waals surface area contributed by atoms with E-state index in [0.29, 0.717) is 31.9 Å². The topological polar surface area (TPSA) is 48.0 Å². The van der Waals surface area contributed by atoms with Gasteiger partial charge in [0, 0.05) is 13.6 Å². The van der Waals surface area contributed by atoms with Gasteiger partial charge in [-0.3, -0.25) is 4.79 Å². The molecule has 0 aliphatic carbocycles. The van der Waals surface area contributed by atoms with E-state index in [1.807, 2.05) is 49.5 Å². The van der Waals surface area contributed by atoms with Gasteiger partial charge >= 0.3 is 0 Å². The van der Waals surface area contributed by atoms with E-state index >= 15 is 0 Å². The Hall–Kier alpha value is -2.69. The van der Waals surface area contributed by atoms with Crippen molar-refractivity contribution in [2.24, 2.45) is 0 Å². The first kappa shape index (κ1) is 16.2. The lowest BCUT2D eigenvalue weighted by molar-refractivity contribution is -0.129. The van der Waals surface area contributed by atoms with E-state index in [-0.39, 0.29) is 5.91 Å². The van der Waals surface area contributed by atoms with Crippen LogP contribution in [0, 0.1) is 0 Å². The Labute approximate surface area is 141 Å². The largest absolute Gasteiger partial charge is 0.497 e. The number of rotatable bonds is 5. The lowest BCUT2D eigenvalue weighted by Gasteiger charge is -2.20. The zero-order valence-electron chi connectivity index (χ0n) is 14.0. The third-order valence-corrected chi connectivity index (χ3v) is 3.97. The van der Waals surface area contributed by atoms with Crippen LogP contribution in [0.5, 0.6) is 17.2 Å². The average Bonchev–Trinajstić information content (AvgIpc) is 2.62. The van der Waals surface area contributed by atoms with E-state index in [4.69, 9.17) is 14.2 Å². The average molecular weight is 327 g/mol. The van der Waals surface area contributed by atoms with Gasteiger partial charge in [0.15, 0.2) is 11.5 Å². The van der Waals surface area contributed by atoms with Crippen LogP contribution in [-0.4, -0.2) is 38.2 Å². The van der Waals surface area contributed by atoms with Gasteiger partial charge in [-0.1, -0.05) is 18.2 Å². The number of methoxy groups -OCH3 is 1. The van der Waals surface area contributed by atoms with Crippen molar-refractivity contribution in [3.8, 4) is 17.2 Å². The minimum Gasteiger partial charge on any atom is -0.497 e. The van der Waals surface area contributed by atoms with Crippen molar-refractivity contribution in [1.82, 2.24) is 4.90 Å². The van der Waals surface area contributed by atoms with Crippen LogP contribution < -0.4 is 14.2 Å². The smallest absolute Gasteiger partial charge is 0.227 e. The Morgan fingerprint density at radius 3 is 2.42 bits per heavy atom. The summed E-state index contributed by atoms with van der Waals surface area (Å²) in [5, 5.41) is 0. The number of carbonyl (C=O) groups excluding carboxylic acids is 1. The molecule has 0 bridgehead atoms. The first-order valence-electron chi connectivity index (χ1n) is 7.91. The highest BCUT2D eigenvalue weighted by molar-refractivity contribution is 5.78. The third-order valence-electron chi connectivity index (χ3n) is 3.97. The van der Waals surface area contributed by atoms with E-state index < -0.39 is 0 Å². The number of likely N-dealkylation sites (N-methyl/N-ethyl adjacent to an activating group) is 1. The highest BCUT2D eigenvalue weighted by Crippen LogP contribution is 2.31. The summed E-state index contributed by atoms with van der Waals surface area (Å²) in [6.07, 6.45) is 0.337. The molecule has 0 N–H and O–H groups in total. The lowest BCUT2D eigenvalue weighted by Crippen LogP contribution is -2.27. The minimum absolute atomic E-state index is 0.0579. The first-order valence-corrected chi connectivity index (χ1v) is 7.91. The number of ether oxygens (including phenoxy) is 3. The molecule has 5 heteroatoms. The van der Waals surface area contributed by atoms with Crippen molar-refractivity contribution in [2.45, 2.75) is 13.0 Å². The van der Waals surface area contributed by atoms with Crippen molar-refractivity contribution in [3.63, 3.8) is 0 Å². The Morgan fingerprint density at radius 1 is 1.04 bits per heavy atom. The number of hydrogen-bond donors (Lipinski definition) is 0. The Morgan fingerprint density at radius 2 is 1.71 bits per heavy atom. The second kappa shape index (κ2) is 7.25. The maximum absolute atomic E-state index is 12.4. The Kier molecular flexibility index (Phi) is 4.89. The number of hydrogen-bond acceptors (Lipinski definition) is 4. The van der Waals surface area contributed by atoms with Crippen LogP contribution in [0.25, 0.3) is 0 Å². The third kappa shape index (κ3) is 3.79. The fourth-order valence-electron chi connectivity index (χ4n) is 2.60. The monoisotopic (exact) mass is 327 g/mol. The maximum atomic E-state index is 12.4. The maximum Gasteiger partial charge on any atom is 0.227 e. The molecule has 24 heavy (non-hydrogen) atoms. The molecule has 1 aliphatic rings. The highest BCUT2D eigenvalue weighted by Gasteiger charge is 2.15. The van der Waals surface area contributed by atoms with Crippen LogP contribution in [0.3, 0.4) is 0 Å². The summed E-state index contributed by atoms with van der Waals surface area (Å²) in [7, 11) is 3.45. The number of nitrogens with zero attached hydrogens (tertiary/aromatic N) is 1. The van der Waals surface area contributed by atoms with Gasteiger partial charge in [0.05, 0.1) is 13.5 Å². The molecule has 1 amide bonds. The summed E-state index contributed by atoms with van der Waals surface area (Å²) >= 11 is 0. The van der Waals surface area contributed by atoms with Crippen molar-refractivity contribution in [1.29, 1.82) is 0 Å². The van der Waals surface area contributed by atoms with E-state index in [9.17, 15) is 4.79 Å². The molecular formula is C19H21NO4. The van der Waals surface area contributed by atoms with E-state index in [1.165, 1.54) is 0 Å². The van der Waals surface area contributed by atoms with Crippen LogP contribution in [0.2, 0.25) is 0 Å². The molecule has 5 nitrogen and oxygen atoms in total. The minimum atomic E-state index is 0.0579. The molecule has 0 saturated carbocycles. The fourth-order valence-corrected chi connectivity index (χ4v) is 2.60. The summed E-state index contributed by atoms with van der Waals surface area (Å²) < 4.78 is 16.2. The lowest BCUT2D eigenvalue weighted by atomic mass is 10.1. The second-order valence-corrected chi connectivity index (χ2v) is 5.75. The summed E-state index contributed by atoms with van der Waals surface area (Å²) in [5.74, 6) is 2.32. The zero-order valence-corrected chi connectivity index (χ0v) is 14.0. The number of benzene rings is 2. The van der Waals surface area contributed by atoms with Crippen molar-refractivity contribution < 1.29 is 19.0 Å². The van der Waals surface area contributed by atoms with Gasteiger partial charge in [0.2, 0.25) is 5.91 Å². The summed E-state index contributed by atoms with van der Waals surface area (Å²) in [5.41, 5.74) is 1.99. The van der Waals surface area contributed by atoms with Gasteiger partial charge < -0.3 is 19.1 Å². The standard InChI is InChI=1S/C19H21NO4/c1-20(13-14-3-6-16(22-2)7-4-14)19(21)12-15-5-8-17-18(11-15)24-10-9-23-17/h3-8,11H,9-10,12-13H2,1-2H3. The molecule has 2 aromatic carbocycles. The van der Waals surface area contributed by atoms with E-state index in [2.05, 4.69) is 0 Å².